The van der Waals surface area contributed by atoms with E-state index in [2.05, 4.69) is 4.98 Å². The van der Waals surface area contributed by atoms with Gasteiger partial charge in [-0.1, -0.05) is 18.2 Å². The van der Waals surface area contributed by atoms with Crippen LogP contribution in [0, 0.1) is 6.92 Å². The Morgan fingerprint density at radius 1 is 1.16 bits per heavy atom. The second kappa shape index (κ2) is 7.21. The summed E-state index contributed by atoms with van der Waals surface area (Å²) >= 11 is 0. The van der Waals surface area contributed by atoms with Gasteiger partial charge in [0.05, 0.1) is 12.8 Å². The molecule has 5 heteroatoms. The SMILES string of the molecule is C/C=C/c1ccc(OCc2cc(=O)n3ccc(C)cc3n2)c(OC)c1. The normalized spacial score (nSPS) is 11.2. The number of aryl methyl sites for hydroxylation is 1. The van der Waals surface area contributed by atoms with E-state index in [1.807, 2.05) is 56.3 Å². The summed E-state index contributed by atoms with van der Waals surface area (Å²) in [4.78, 5) is 16.7. The van der Waals surface area contributed by atoms with Crippen LogP contribution in [0.4, 0.5) is 0 Å². The third-order valence-electron chi connectivity index (χ3n) is 3.80. The Bertz CT molecular complexity index is 990. The number of hydrogen-bond acceptors (Lipinski definition) is 4. The molecule has 5 nitrogen and oxygen atoms in total. The summed E-state index contributed by atoms with van der Waals surface area (Å²) in [6.07, 6.45) is 5.68. The van der Waals surface area contributed by atoms with Gasteiger partial charge in [-0.25, -0.2) is 4.98 Å². The maximum atomic E-state index is 12.2. The van der Waals surface area contributed by atoms with Crippen LogP contribution in [-0.2, 0) is 6.61 Å². The van der Waals surface area contributed by atoms with E-state index in [0.29, 0.717) is 22.8 Å². The van der Waals surface area contributed by atoms with E-state index in [1.54, 1.807) is 13.3 Å². The standard InChI is InChI=1S/C20H20N2O3/c1-4-5-15-6-7-17(18(11-15)24-3)25-13-16-12-20(23)22-9-8-14(2)10-19(22)21-16/h4-12H,13H2,1-3H3/b5-4+. The first-order valence-corrected chi connectivity index (χ1v) is 8.03. The molecule has 3 rings (SSSR count). The Hall–Kier alpha value is -3.08. The Morgan fingerprint density at radius 3 is 2.76 bits per heavy atom. The molecule has 2 heterocycles. The van der Waals surface area contributed by atoms with Crippen molar-refractivity contribution >= 4 is 11.7 Å². The summed E-state index contributed by atoms with van der Waals surface area (Å²) in [5.74, 6) is 1.26. The van der Waals surface area contributed by atoms with Crippen molar-refractivity contribution in [2.75, 3.05) is 7.11 Å². The zero-order valence-electron chi connectivity index (χ0n) is 14.5. The van der Waals surface area contributed by atoms with Crippen LogP contribution in [0.5, 0.6) is 11.5 Å². The number of hydrogen-bond donors (Lipinski definition) is 0. The van der Waals surface area contributed by atoms with Gasteiger partial charge in [0.1, 0.15) is 12.3 Å². The van der Waals surface area contributed by atoms with Crippen molar-refractivity contribution in [3.63, 3.8) is 0 Å². The zero-order valence-corrected chi connectivity index (χ0v) is 14.5. The molecule has 0 aliphatic rings. The van der Waals surface area contributed by atoms with Crippen molar-refractivity contribution < 1.29 is 9.47 Å². The topological polar surface area (TPSA) is 52.8 Å². The highest BCUT2D eigenvalue weighted by Crippen LogP contribution is 2.29. The van der Waals surface area contributed by atoms with Crippen molar-refractivity contribution in [3.8, 4) is 11.5 Å². The van der Waals surface area contributed by atoms with E-state index >= 15 is 0 Å². The zero-order chi connectivity index (χ0) is 17.8. The Kier molecular flexibility index (Phi) is 4.84. The molecule has 2 aromatic heterocycles. The lowest BCUT2D eigenvalue weighted by Crippen LogP contribution is -2.16. The summed E-state index contributed by atoms with van der Waals surface area (Å²) in [6, 6.07) is 10.9. The molecule has 0 unspecified atom stereocenters. The molecule has 0 atom stereocenters. The summed E-state index contributed by atoms with van der Waals surface area (Å²) < 4.78 is 12.7. The fraction of sp³-hybridized carbons (Fsp3) is 0.200. The van der Waals surface area contributed by atoms with Crippen molar-refractivity contribution in [1.82, 2.24) is 9.38 Å². The van der Waals surface area contributed by atoms with Gasteiger partial charge in [-0.05, 0) is 49.2 Å². The van der Waals surface area contributed by atoms with E-state index in [-0.39, 0.29) is 12.2 Å². The number of benzene rings is 1. The number of aromatic nitrogens is 2. The van der Waals surface area contributed by atoms with Crippen LogP contribution in [0.15, 0.2) is 53.5 Å². The molecule has 128 valence electrons. The van der Waals surface area contributed by atoms with Gasteiger partial charge in [0, 0.05) is 12.3 Å². The molecule has 0 bridgehead atoms. The quantitative estimate of drug-likeness (QED) is 0.714. The summed E-state index contributed by atoms with van der Waals surface area (Å²) in [5, 5.41) is 0. The molecule has 0 saturated heterocycles. The average molecular weight is 336 g/mol. The van der Waals surface area contributed by atoms with Crippen molar-refractivity contribution in [2.45, 2.75) is 20.5 Å². The first-order chi connectivity index (χ1) is 12.1. The molecule has 25 heavy (non-hydrogen) atoms. The number of pyridine rings is 1. The van der Waals surface area contributed by atoms with Gasteiger partial charge in [0.15, 0.2) is 11.5 Å². The maximum Gasteiger partial charge on any atom is 0.258 e. The number of rotatable bonds is 5. The molecular formula is C20H20N2O3. The largest absolute Gasteiger partial charge is 0.493 e. The van der Waals surface area contributed by atoms with Gasteiger partial charge in [-0.3, -0.25) is 9.20 Å². The van der Waals surface area contributed by atoms with E-state index < -0.39 is 0 Å². The summed E-state index contributed by atoms with van der Waals surface area (Å²) in [7, 11) is 1.60. The van der Waals surface area contributed by atoms with Crippen LogP contribution in [0.25, 0.3) is 11.7 Å². The molecule has 0 amide bonds. The highest BCUT2D eigenvalue weighted by molar-refractivity contribution is 5.55. The smallest absolute Gasteiger partial charge is 0.258 e. The van der Waals surface area contributed by atoms with E-state index in [4.69, 9.17) is 9.47 Å². The molecule has 0 aliphatic heterocycles. The number of fused-ring (bicyclic) bond motifs is 1. The molecule has 1 aromatic carbocycles. The van der Waals surface area contributed by atoms with Crippen molar-refractivity contribution in [1.29, 1.82) is 0 Å². The van der Waals surface area contributed by atoms with E-state index in [0.717, 1.165) is 11.1 Å². The van der Waals surface area contributed by atoms with Crippen molar-refractivity contribution in [2.24, 2.45) is 0 Å². The Balaban J connectivity index is 1.86. The van der Waals surface area contributed by atoms with Gasteiger partial charge >= 0.3 is 0 Å². The predicted molar refractivity (Wildman–Crippen MR) is 98.2 cm³/mol. The van der Waals surface area contributed by atoms with E-state index in [1.165, 1.54) is 10.5 Å². The van der Waals surface area contributed by atoms with Crippen LogP contribution in [-0.4, -0.2) is 16.5 Å². The molecule has 0 aliphatic carbocycles. The second-order valence-electron chi connectivity index (χ2n) is 5.72. The minimum absolute atomic E-state index is 0.126. The minimum atomic E-state index is -0.126. The van der Waals surface area contributed by atoms with Gasteiger partial charge in [0.25, 0.3) is 5.56 Å². The molecular weight excluding hydrogens is 316 g/mol. The molecule has 0 N–H and O–H groups in total. The molecule has 0 spiro atoms. The lowest BCUT2D eigenvalue weighted by Gasteiger charge is -2.11. The number of nitrogens with zero attached hydrogens (tertiary/aromatic N) is 2. The van der Waals surface area contributed by atoms with E-state index in [9.17, 15) is 4.79 Å². The molecule has 0 radical (unpaired) electrons. The maximum absolute atomic E-state index is 12.2. The minimum Gasteiger partial charge on any atom is -0.493 e. The molecule has 0 fully saturated rings. The van der Waals surface area contributed by atoms with Crippen LogP contribution in [0.3, 0.4) is 0 Å². The third kappa shape index (κ3) is 3.71. The number of allylic oxidation sites excluding steroid dienone is 1. The lowest BCUT2D eigenvalue weighted by molar-refractivity contribution is 0.280. The highest BCUT2D eigenvalue weighted by Gasteiger charge is 2.08. The van der Waals surface area contributed by atoms with Gasteiger partial charge in [-0.2, -0.15) is 0 Å². The third-order valence-corrected chi connectivity index (χ3v) is 3.80. The Morgan fingerprint density at radius 2 is 2.00 bits per heavy atom. The summed E-state index contributed by atoms with van der Waals surface area (Å²) in [6.45, 7) is 4.12. The fourth-order valence-corrected chi connectivity index (χ4v) is 2.58. The van der Waals surface area contributed by atoms with Gasteiger partial charge in [-0.15, -0.1) is 0 Å². The monoisotopic (exact) mass is 336 g/mol. The molecule has 0 saturated carbocycles. The second-order valence-corrected chi connectivity index (χ2v) is 5.72. The lowest BCUT2D eigenvalue weighted by atomic mass is 10.2. The highest BCUT2D eigenvalue weighted by atomic mass is 16.5. The first-order valence-electron chi connectivity index (χ1n) is 8.03. The van der Waals surface area contributed by atoms with Crippen LogP contribution >= 0.6 is 0 Å². The predicted octanol–water partition coefficient (Wildman–Crippen LogP) is 3.62. The number of ether oxygens (including phenoxy) is 2. The summed E-state index contributed by atoms with van der Waals surface area (Å²) in [5.41, 5.74) is 3.14. The Labute approximate surface area is 146 Å². The van der Waals surface area contributed by atoms with Crippen LogP contribution in [0.1, 0.15) is 23.7 Å². The number of methoxy groups -OCH3 is 1. The van der Waals surface area contributed by atoms with Crippen LogP contribution < -0.4 is 15.0 Å². The van der Waals surface area contributed by atoms with Crippen molar-refractivity contribution in [3.05, 3.63) is 75.8 Å². The fourth-order valence-electron chi connectivity index (χ4n) is 2.58. The average Bonchev–Trinajstić information content (AvgIpc) is 2.60. The first kappa shape index (κ1) is 16.8. The molecule has 3 aromatic rings. The van der Waals surface area contributed by atoms with Crippen LogP contribution in [0.2, 0.25) is 0 Å². The van der Waals surface area contributed by atoms with Gasteiger partial charge < -0.3 is 9.47 Å². The van der Waals surface area contributed by atoms with Gasteiger partial charge in [0.2, 0.25) is 0 Å².